The molecule has 1 N–H and O–H groups in total. The van der Waals surface area contributed by atoms with Crippen LogP contribution in [-0.2, 0) is 0 Å². The highest BCUT2D eigenvalue weighted by Gasteiger charge is 2.34. The minimum atomic E-state index is 0.549. The molecule has 2 nitrogen and oxygen atoms in total. The third-order valence-electron chi connectivity index (χ3n) is 4.63. The predicted molar refractivity (Wildman–Crippen MR) is 81.0 cm³/mol. The maximum atomic E-state index is 3.62. The number of hydrogen-bond acceptors (Lipinski definition) is 2. The van der Waals surface area contributed by atoms with Crippen LogP contribution < -0.4 is 5.32 Å². The lowest BCUT2D eigenvalue weighted by Crippen LogP contribution is -2.46. The summed E-state index contributed by atoms with van der Waals surface area (Å²) in [5, 5.41) is 3.62. The van der Waals surface area contributed by atoms with Crippen molar-refractivity contribution in [1.82, 2.24) is 10.2 Å². The largest absolute Gasteiger partial charge is 0.316 e. The highest BCUT2D eigenvalue weighted by atomic mass is 15.1. The summed E-state index contributed by atoms with van der Waals surface area (Å²) < 4.78 is 0. The standard InChI is InChI=1S/C16H34N2/c1-5-12-18(7-3)14-16(13-17-6-2)10-8-15(4)9-11-16/h15,17H,5-14H2,1-4H3. The third-order valence-corrected chi connectivity index (χ3v) is 4.63. The molecule has 0 saturated heterocycles. The van der Waals surface area contributed by atoms with Crippen molar-refractivity contribution in [3.8, 4) is 0 Å². The Morgan fingerprint density at radius 2 is 1.83 bits per heavy atom. The maximum Gasteiger partial charge on any atom is 0.00500 e. The highest BCUT2D eigenvalue weighted by Crippen LogP contribution is 2.39. The van der Waals surface area contributed by atoms with Gasteiger partial charge < -0.3 is 10.2 Å². The fourth-order valence-corrected chi connectivity index (χ4v) is 3.30. The number of nitrogens with zero attached hydrogens (tertiary/aromatic N) is 1. The van der Waals surface area contributed by atoms with E-state index in [1.54, 1.807) is 0 Å². The summed E-state index contributed by atoms with van der Waals surface area (Å²) in [6.45, 7) is 15.3. The molecule has 0 radical (unpaired) electrons. The molecule has 0 spiro atoms. The number of rotatable bonds is 8. The van der Waals surface area contributed by atoms with E-state index >= 15 is 0 Å². The average molecular weight is 254 g/mol. The lowest BCUT2D eigenvalue weighted by molar-refractivity contribution is 0.0894. The Morgan fingerprint density at radius 1 is 1.17 bits per heavy atom. The van der Waals surface area contributed by atoms with Gasteiger partial charge in [-0.1, -0.05) is 40.5 Å². The molecule has 1 fully saturated rings. The molecular weight excluding hydrogens is 220 g/mol. The van der Waals surface area contributed by atoms with Crippen LogP contribution in [0.5, 0.6) is 0 Å². The predicted octanol–water partition coefficient (Wildman–Crippen LogP) is 3.52. The van der Waals surface area contributed by atoms with E-state index < -0.39 is 0 Å². The van der Waals surface area contributed by atoms with Gasteiger partial charge in [0.2, 0.25) is 0 Å². The summed E-state index contributed by atoms with van der Waals surface area (Å²) in [4.78, 5) is 2.66. The van der Waals surface area contributed by atoms with Crippen molar-refractivity contribution >= 4 is 0 Å². The van der Waals surface area contributed by atoms with Gasteiger partial charge in [-0.25, -0.2) is 0 Å². The molecule has 0 heterocycles. The van der Waals surface area contributed by atoms with Crippen LogP contribution in [0.15, 0.2) is 0 Å². The van der Waals surface area contributed by atoms with Gasteiger partial charge in [-0.2, -0.15) is 0 Å². The normalized spacial score (nSPS) is 28.8. The lowest BCUT2D eigenvalue weighted by atomic mass is 9.70. The van der Waals surface area contributed by atoms with Gasteiger partial charge in [-0.3, -0.25) is 0 Å². The first-order valence-electron chi connectivity index (χ1n) is 8.09. The molecule has 0 bridgehead atoms. The van der Waals surface area contributed by atoms with Crippen LogP contribution in [0.3, 0.4) is 0 Å². The molecule has 1 aliphatic rings. The summed E-state index contributed by atoms with van der Waals surface area (Å²) >= 11 is 0. The van der Waals surface area contributed by atoms with E-state index in [1.165, 1.54) is 58.3 Å². The molecule has 108 valence electrons. The second kappa shape index (κ2) is 8.16. The smallest absolute Gasteiger partial charge is 0.00500 e. The van der Waals surface area contributed by atoms with Crippen LogP contribution in [0.2, 0.25) is 0 Å². The Bertz CT molecular complexity index is 202. The molecule has 0 unspecified atom stereocenters. The van der Waals surface area contributed by atoms with E-state index in [9.17, 15) is 0 Å². The molecule has 0 aromatic carbocycles. The van der Waals surface area contributed by atoms with E-state index in [0.717, 1.165) is 12.5 Å². The highest BCUT2D eigenvalue weighted by molar-refractivity contribution is 4.89. The molecule has 1 saturated carbocycles. The molecule has 0 aromatic rings. The van der Waals surface area contributed by atoms with Crippen molar-refractivity contribution in [1.29, 1.82) is 0 Å². The van der Waals surface area contributed by atoms with Gasteiger partial charge in [0.15, 0.2) is 0 Å². The fourth-order valence-electron chi connectivity index (χ4n) is 3.30. The van der Waals surface area contributed by atoms with Crippen molar-refractivity contribution < 1.29 is 0 Å². The van der Waals surface area contributed by atoms with Gasteiger partial charge in [0.1, 0.15) is 0 Å². The second-order valence-electron chi connectivity index (χ2n) is 6.33. The zero-order chi connectivity index (χ0) is 13.4. The van der Waals surface area contributed by atoms with Crippen LogP contribution in [0.1, 0.15) is 59.8 Å². The van der Waals surface area contributed by atoms with E-state index in [4.69, 9.17) is 0 Å². The lowest BCUT2D eigenvalue weighted by Gasteiger charge is -2.43. The third kappa shape index (κ3) is 4.89. The van der Waals surface area contributed by atoms with Crippen LogP contribution in [0.25, 0.3) is 0 Å². The Hall–Kier alpha value is -0.0800. The van der Waals surface area contributed by atoms with Crippen LogP contribution >= 0.6 is 0 Å². The Labute approximate surface area is 115 Å². The monoisotopic (exact) mass is 254 g/mol. The summed E-state index contributed by atoms with van der Waals surface area (Å²) in [7, 11) is 0. The first kappa shape index (κ1) is 16.0. The Balaban J connectivity index is 2.58. The molecule has 0 aromatic heterocycles. The van der Waals surface area contributed by atoms with Crippen LogP contribution in [0, 0.1) is 11.3 Å². The molecule has 2 heteroatoms. The molecule has 1 aliphatic carbocycles. The van der Waals surface area contributed by atoms with Crippen molar-refractivity contribution in [3.05, 3.63) is 0 Å². The van der Waals surface area contributed by atoms with Gasteiger partial charge in [-0.15, -0.1) is 0 Å². The molecule has 0 amide bonds. The first-order chi connectivity index (χ1) is 8.65. The second-order valence-corrected chi connectivity index (χ2v) is 6.33. The summed E-state index contributed by atoms with van der Waals surface area (Å²) in [6, 6.07) is 0. The molecule has 0 aliphatic heterocycles. The van der Waals surface area contributed by atoms with E-state index in [2.05, 4.69) is 37.9 Å². The molecule has 0 atom stereocenters. The van der Waals surface area contributed by atoms with Gasteiger partial charge >= 0.3 is 0 Å². The number of hydrogen-bond donors (Lipinski definition) is 1. The Morgan fingerprint density at radius 3 is 2.33 bits per heavy atom. The molecule has 1 rings (SSSR count). The summed E-state index contributed by atoms with van der Waals surface area (Å²) in [5.74, 6) is 0.945. The minimum Gasteiger partial charge on any atom is -0.316 e. The zero-order valence-electron chi connectivity index (χ0n) is 13.1. The van der Waals surface area contributed by atoms with Crippen LogP contribution in [-0.4, -0.2) is 37.6 Å². The molecule has 18 heavy (non-hydrogen) atoms. The van der Waals surface area contributed by atoms with Crippen molar-refractivity contribution in [3.63, 3.8) is 0 Å². The summed E-state index contributed by atoms with van der Waals surface area (Å²) in [6.07, 6.45) is 6.97. The zero-order valence-corrected chi connectivity index (χ0v) is 13.1. The first-order valence-corrected chi connectivity index (χ1v) is 8.09. The van der Waals surface area contributed by atoms with E-state index in [0.29, 0.717) is 5.41 Å². The summed E-state index contributed by atoms with van der Waals surface area (Å²) in [5.41, 5.74) is 0.549. The van der Waals surface area contributed by atoms with Crippen molar-refractivity contribution in [2.45, 2.75) is 59.8 Å². The van der Waals surface area contributed by atoms with E-state index in [1.807, 2.05) is 0 Å². The number of nitrogens with one attached hydrogen (secondary N) is 1. The van der Waals surface area contributed by atoms with Gasteiger partial charge in [-0.05, 0) is 50.2 Å². The molecular formula is C16H34N2. The SMILES string of the molecule is CCCN(CC)CC1(CNCC)CCC(C)CC1. The average Bonchev–Trinajstić information content (AvgIpc) is 2.39. The van der Waals surface area contributed by atoms with Crippen molar-refractivity contribution in [2.75, 3.05) is 32.7 Å². The topological polar surface area (TPSA) is 15.3 Å². The van der Waals surface area contributed by atoms with Crippen molar-refractivity contribution in [2.24, 2.45) is 11.3 Å². The minimum absolute atomic E-state index is 0.549. The van der Waals surface area contributed by atoms with Gasteiger partial charge in [0, 0.05) is 13.1 Å². The quantitative estimate of drug-likeness (QED) is 0.713. The maximum absolute atomic E-state index is 3.62. The van der Waals surface area contributed by atoms with Gasteiger partial charge in [0.25, 0.3) is 0 Å². The van der Waals surface area contributed by atoms with E-state index in [-0.39, 0.29) is 0 Å². The van der Waals surface area contributed by atoms with Gasteiger partial charge in [0.05, 0.1) is 0 Å². The van der Waals surface area contributed by atoms with Crippen LogP contribution in [0.4, 0.5) is 0 Å². The Kier molecular flexibility index (Phi) is 7.25. The fraction of sp³-hybridized carbons (Fsp3) is 1.00.